The number of phenols is 1. The Morgan fingerprint density at radius 2 is 2.28 bits per heavy atom. The number of fused-ring (bicyclic) bond motifs is 1. The average Bonchev–Trinajstić information content (AvgIpc) is 2.99. The highest BCUT2D eigenvalue weighted by Crippen LogP contribution is 2.46. The molecule has 0 saturated heterocycles. The largest absolute Gasteiger partial charge is 0.504 e. The Labute approximate surface area is 99.9 Å². The second-order valence-electron chi connectivity index (χ2n) is 3.53. The Morgan fingerprint density at radius 1 is 1.44 bits per heavy atom. The Balaban J connectivity index is 2.21. The molecule has 1 aliphatic rings. The summed E-state index contributed by atoms with van der Waals surface area (Å²) in [7, 11) is 0. The predicted octanol–water partition coefficient (Wildman–Crippen LogP) is 0.769. The summed E-state index contributed by atoms with van der Waals surface area (Å²) in [5.74, 6) is -0.954. The van der Waals surface area contributed by atoms with Crippen molar-refractivity contribution in [1.82, 2.24) is 10.1 Å². The number of nitrogens with two attached hydrogens (primary N) is 1. The molecule has 0 atom stereocenters. The van der Waals surface area contributed by atoms with Crippen LogP contribution in [0.2, 0.25) is 0 Å². The average molecular weight is 253 g/mol. The molecular formula is C10H8FN3O4. The molecule has 94 valence electrons. The summed E-state index contributed by atoms with van der Waals surface area (Å²) in [5, 5.41) is 13.3. The molecule has 2 heterocycles. The van der Waals surface area contributed by atoms with Crippen LogP contribution in [0.4, 0.5) is 4.39 Å². The predicted molar refractivity (Wildman–Crippen MR) is 55.4 cm³/mol. The summed E-state index contributed by atoms with van der Waals surface area (Å²) < 4.78 is 28.5. The minimum atomic E-state index is -0.853. The molecule has 1 aromatic heterocycles. The summed E-state index contributed by atoms with van der Waals surface area (Å²) >= 11 is 0. The first-order valence-corrected chi connectivity index (χ1v) is 5.04. The molecule has 0 saturated carbocycles. The first kappa shape index (κ1) is 10.8. The van der Waals surface area contributed by atoms with Gasteiger partial charge < -0.3 is 24.8 Å². The second kappa shape index (κ2) is 3.84. The number of benzene rings is 1. The van der Waals surface area contributed by atoms with Gasteiger partial charge in [0.05, 0.1) is 6.54 Å². The van der Waals surface area contributed by atoms with Crippen molar-refractivity contribution in [3.8, 4) is 28.6 Å². The molecule has 0 fully saturated rings. The summed E-state index contributed by atoms with van der Waals surface area (Å²) in [6.45, 7) is -0.0184. The lowest BCUT2D eigenvalue weighted by atomic mass is 10.1. The number of aromatic hydroxyl groups is 1. The SMILES string of the molecule is NCc1nc(-c2c(O)c(F)cc3c2OCO3)no1. The van der Waals surface area contributed by atoms with Crippen LogP contribution in [-0.2, 0) is 6.54 Å². The van der Waals surface area contributed by atoms with Gasteiger partial charge >= 0.3 is 0 Å². The molecule has 0 spiro atoms. The molecule has 1 aliphatic heterocycles. The van der Waals surface area contributed by atoms with Gasteiger partial charge in [0.25, 0.3) is 0 Å². The lowest BCUT2D eigenvalue weighted by molar-refractivity contribution is 0.174. The Kier molecular flexibility index (Phi) is 2.30. The molecule has 0 aliphatic carbocycles. The minimum absolute atomic E-state index is 0.00537. The van der Waals surface area contributed by atoms with Crippen LogP contribution in [0.15, 0.2) is 10.6 Å². The minimum Gasteiger partial charge on any atom is -0.504 e. The van der Waals surface area contributed by atoms with Gasteiger partial charge in [0.2, 0.25) is 18.5 Å². The fourth-order valence-corrected chi connectivity index (χ4v) is 1.65. The maximum atomic E-state index is 13.5. The van der Waals surface area contributed by atoms with Crippen molar-refractivity contribution in [2.24, 2.45) is 5.73 Å². The number of rotatable bonds is 2. The summed E-state index contributed by atoms with van der Waals surface area (Å²) in [4.78, 5) is 3.91. The second-order valence-corrected chi connectivity index (χ2v) is 3.53. The molecule has 7 nitrogen and oxygen atoms in total. The quantitative estimate of drug-likeness (QED) is 0.814. The van der Waals surface area contributed by atoms with Crippen LogP contribution in [0, 0.1) is 5.82 Å². The molecule has 0 amide bonds. The van der Waals surface area contributed by atoms with Gasteiger partial charge in [0.1, 0.15) is 5.56 Å². The maximum absolute atomic E-state index is 13.5. The number of nitrogens with zero attached hydrogens (tertiary/aromatic N) is 2. The number of halogens is 1. The highest BCUT2D eigenvalue weighted by atomic mass is 19.1. The number of phenolic OH excluding ortho intramolecular Hbond substituents is 1. The third-order valence-corrected chi connectivity index (χ3v) is 2.46. The van der Waals surface area contributed by atoms with Crippen LogP contribution in [0.3, 0.4) is 0 Å². The normalized spacial score (nSPS) is 13.0. The van der Waals surface area contributed by atoms with Crippen LogP contribution >= 0.6 is 0 Å². The molecule has 1 aromatic carbocycles. The summed E-state index contributed by atoms with van der Waals surface area (Å²) in [5.41, 5.74) is 5.32. The van der Waals surface area contributed by atoms with E-state index in [1.807, 2.05) is 0 Å². The zero-order chi connectivity index (χ0) is 12.7. The molecule has 3 rings (SSSR count). The van der Waals surface area contributed by atoms with Crippen molar-refractivity contribution in [3.63, 3.8) is 0 Å². The number of aromatic nitrogens is 2. The third kappa shape index (κ3) is 1.46. The zero-order valence-electron chi connectivity index (χ0n) is 9.01. The lowest BCUT2D eigenvalue weighted by Gasteiger charge is -2.05. The van der Waals surface area contributed by atoms with Crippen LogP contribution in [-0.4, -0.2) is 22.0 Å². The van der Waals surface area contributed by atoms with Crippen LogP contribution in [0.5, 0.6) is 17.2 Å². The Hall–Kier alpha value is -2.35. The number of hydrogen-bond acceptors (Lipinski definition) is 7. The van der Waals surface area contributed by atoms with E-state index in [1.165, 1.54) is 0 Å². The summed E-state index contributed by atoms with van der Waals surface area (Å²) in [6, 6.07) is 1.03. The van der Waals surface area contributed by atoms with E-state index in [4.69, 9.17) is 19.7 Å². The monoisotopic (exact) mass is 253 g/mol. The molecular weight excluding hydrogens is 245 g/mol. The first-order valence-electron chi connectivity index (χ1n) is 5.04. The van der Waals surface area contributed by atoms with Crippen molar-refractivity contribution in [2.75, 3.05) is 6.79 Å². The maximum Gasteiger partial charge on any atom is 0.240 e. The van der Waals surface area contributed by atoms with Crippen molar-refractivity contribution in [1.29, 1.82) is 0 Å². The van der Waals surface area contributed by atoms with Crippen LogP contribution < -0.4 is 15.2 Å². The highest BCUT2D eigenvalue weighted by molar-refractivity contribution is 5.75. The molecule has 2 aromatic rings. The Morgan fingerprint density at radius 3 is 3.00 bits per heavy atom. The van der Waals surface area contributed by atoms with Gasteiger partial charge in [0.15, 0.2) is 23.1 Å². The molecule has 0 radical (unpaired) electrons. The van der Waals surface area contributed by atoms with Crippen molar-refractivity contribution in [3.05, 3.63) is 17.8 Å². The van der Waals surface area contributed by atoms with Crippen molar-refractivity contribution >= 4 is 0 Å². The van der Waals surface area contributed by atoms with Gasteiger partial charge in [-0.05, 0) is 0 Å². The van der Waals surface area contributed by atoms with Gasteiger partial charge in [-0.3, -0.25) is 0 Å². The number of ether oxygens (including phenoxy) is 2. The fraction of sp³-hybridized carbons (Fsp3) is 0.200. The van der Waals surface area contributed by atoms with E-state index >= 15 is 0 Å². The van der Waals surface area contributed by atoms with Gasteiger partial charge in [-0.15, -0.1) is 0 Å². The lowest BCUT2D eigenvalue weighted by Crippen LogP contribution is -1.96. The highest BCUT2D eigenvalue weighted by Gasteiger charge is 2.28. The first-order chi connectivity index (χ1) is 8.70. The Bertz CT molecular complexity index is 613. The van der Waals surface area contributed by atoms with E-state index in [0.717, 1.165) is 6.07 Å². The van der Waals surface area contributed by atoms with Gasteiger partial charge in [-0.25, -0.2) is 4.39 Å². The van der Waals surface area contributed by atoms with E-state index in [2.05, 4.69) is 10.1 Å². The van der Waals surface area contributed by atoms with E-state index < -0.39 is 11.6 Å². The third-order valence-electron chi connectivity index (χ3n) is 2.46. The fourth-order valence-electron chi connectivity index (χ4n) is 1.65. The molecule has 8 heteroatoms. The number of hydrogen-bond donors (Lipinski definition) is 2. The smallest absolute Gasteiger partial charge is 0.240 e. The standard InChI is InChI=1S/C10H8FN3O4/c11-4-1-5-9(17-3-16-5)7(8(4)15)10-13-6(2-12)18-14-10/h1,15H,2-3,12H2. The van der Waals surface area contributed by atoms with E-state index in [-0.39, 0.29) is 42.1 Å². The zero-order valence-corrected chi connectivity index (χ0v) is 9.01. The van der Waals surface area contributed by atoms with Crippen molar-refractivity contribution < 1.29 is 23.5 Å². The van der Waals surface area contributed by atoms with Gasteiger partial charge in [-0.2, -0.15) is 4.98 Å². The van der Waals surface area contributed by atoms with Crippen LogP contribution in [0.1, 0.15) is 5.89 Å². The van der Waals surface area contributed by atoms with E-state index in [9.17, 15) is 9.50 Å². The molecule has 0 unspecified atom stereocenters. The molecule has 0 bridgehead atoms. The molecule has 18 heavy (non-hydrogen) atoms. The van der Waals surface area contributed by atoms with Crippen molar-refractivity contribution in [2.45, 2.75) is 6.54 Å². The van der Waals surface area contributed by atoms with Gasteiger partial charge in [-0.1, -0.05) is 5.16 Å². The van der Waals surface area contributed by atoms with Gasteiger partial charge in [0, 0.05) is 6.07 Å². The summed E-state index contributed by atoms with van der Waals surface area (Å²) in [6.07, 6.45) is 0. The molecule has 3 N–H and O–H groups in total. The topological polar surface area (TPSA) is 104 Å². The van der Waals surface area contributed by atoms with E-state index in [1.54, 1.807) is 0 Å². The van der Waals surface area contributed by atoms with Crippen LogP contribution in [0.25, 0.3) is 11.4 Å². The van der Waals surface area contributed by atoms with E-state index in [0.29, 0.717) is 0 Å².